The largest absolute Gasteiger partial charge is 0.338 e. The Balaban J connectivity index is 1.99. The van der Waals surface area contributed by atoms with Crippen LogP contribution in [0.25, 0.3) is 0 Å². The molecular weight excluding hydrogens is 252 g/mol. The van der Waals surface area contributed by atoms with Crippen LogP contribution < -0.4 is 10.2 Å². The molecule has 1 fully saturated rings. The van der Waals surface area contributed by atoms with E-state index in [1.165, 1.54) is 12.8 Å². The van der Waals surface area contributed by atoms with E-state index >= 15 is 0 Å². The van der Waals surface area contributed by atoms with Gasteiger partial charge in [0, 0.05) is 6.54 Å². The number of hydrogen-bond acceptors (Lipinski definition) is 2. The molecule has 1 aliphatic carbocycles. The fourth-order valence-electron chi connectivity index (χ4n) is 2.69. The lowest BCUT2D eigenvalue weighted by Gasteiger charge is -2.29. The molecule has 1 aromatic rings. The first kappa shape index (κ1) is 13.2. The van der Waals surface area contributed by atoms with E-state index < -0.39 is 5.54 Å². The van der Waals surface area contributed by atoms with Crippen LogP contribution in [0.2, 0.25) is 0 Å². The summed E-state index contributed by atoms with van der Waals surface area (Å²) in [5.41, 5.74) is 0.461. The highest BCUT2D eigenvalue weighted by Gasteiger charge is 2.39. The molecule has 0 aromatic heterocycles. The van der Waals surface area contributed by atoms with Gasteiger partial charge in [0.05, 0.1) is 11.3 Å². The molecular formula is C16H20N2O2. The van der Waals surface area contributed by atoms with Crippen molar-refractivity contribution < 1.29 is 9.59 Å². The summed E-state index contributed by atoms with van der Waals surface area (Å²) >= 11 is 0. The normalized spacial score (nSPS) is 21.2. The smallest absolute Gasteiger partial charge is 0.254 e. The molecule has 0 atom stereocenters. The summed E-state index contributed by atoms with van der Waals surface area (Å²) in [7, 11) is 0. The molecule has 0 spiro atoms. The van der Waals surface area contributed by atoms with Gasteiger partial charge in [-0.25, -0.2) is 0 Å². The maximum Gasteiger partial charge on any atom is 0.254 e. The topological polar surface area (TPSA) is 49.4 Å². The lowest BCUT2D eigenvalue weighted by atomic mass is 10.0. The third-order valence-corrected chi connectivity index (χ3v) is 4.10. The second-order valence-electron chi connectivity index (χ2n) is 6.29. The first-order valence-corrected chi connectivity index (χ1v) is 7.22. The summed E-state index contributed by atoms with van der Waals surface area (Å²) in [5, 5.41) is 2.83. The van der Waals surface area contributed by atoms with E-state index in [1.807, 2.05) is 18.2 Å². The quantitative estimate of drug-likeness (QED) is 0.918. The molecule has 0 radical (unpaired) electrons. The predicted octanol–water partition coefficient (Wildman–Crippen LogP) is 2.34. The van der Waals surface area contributed by atoms with E-state index in [2.05, 4.69) is 5.32 Å². The van der Waals surface area contributed by atoms with Gasteiger partial charge in [-0.3, -0.25) is 9.59 Å². The van der Waals surface area contributed by atoms with Crippen LogP contribution >= 0.6 is 0 Å². The van der Waals surface area contributed by atoms with Gasteiger partial charge in [0.1, 0.15) is 5.54 Å². The van der Waals surface area contributed by atoms with Crippen molar-refractivity contribution in [2.24, 2.45) is 5.92 Å². The number of nitrogens with one attached hydrogen (secondary N) is 1. The van der Waals surface area contributed by atoms with Gasteiger partial charge >= 0.3 is 0 Å². The van der Waals surface area contributed by atoms with Gasteiger partial charge < -0.3 is 10.2 Å². The van der Waals surface area contributed by atoms with E-state index in [0.717, 1.165) is 18.0 Å². The first-order valence-electron chi connectivity index (χ1n) is 7.22. The lowest BCUT2D eigenvalue weighted by molar-refractivity contribution is -0.123. The predicted molar refractivity (Wildman–Crippen MR) is 77.7 cm³/mol. The van der Waals surface area contributed by atoms with Gasteiger partial charge in [-0.05, 0) is 38.3 Å². The molecule has 1 saturated carbocycles. The molecule has 1 N–H and O–H groups in total. The zero-order chi connectivity index (χ0) is 14.3. The van der Waals surface area contributed by atoms with Crippen molar-refractivity contribution in [3.63, 3.8) is 0 Å². The fourth-order valence-corrected chi connectivity index (χ4v) is 2.69. The van der Waals surface area contributed by atoms with Gasteiger partial charge in [-0.15, -0.1) is 0 Å². The monoisotopic (exact) mass is 272 g/mol. The number of benzene rings is 1. The van der Waals surface area contributed by atoms with Gasteiger partial charge in [-0.1, -0.05) is 25.0 Å². The summed E-state index contributed by atoms with van der Waals surface area (Å²) in [6.45, 7) is 4.23. The minimum absolute atomic E-state index is 0.0311. The maximum atomic E-state index is 12.7. The zero-order valence-electron chi connectivity index (χ0n) is 12.0. The third kappa shape index (κ3) is 2.30. The number of para-hydroxylation sites is 1. The van der Waals surface area contributed by atoms with Gasteiger partial charge in [0.25, 0.3) is 11.8 Å². The molecule has 4 heteroatoms. The molecule has 1 heterocycles. The van der Waals surface area contributed by atoms with Crippen LogP contribution in [0.3, 0.4) is 0 Å². The molecule has 20 heavy (non-hydrogen) atoms. The van der Waals surface area contributed by atoms with Crippen LogP contribution in [0, 0.1) is 5.92 Å². The van der Waals surface area contributed by atoms with E-state index in [-0.39, 0.29) is 11.8 Å². The number of hydrogen-bond donors (Lipinski definition) is 1. The van der Waals surface area contributed by atoms with Crippen LogP contribution in [-0.2, 0) is 4.79 Å². The number of anilines is 1. The van der Waals surface area contributed by atoms with Crippen molar-refractivity contribution in [2.45, 2.75) is 38.6 Å². The number of amides is 2. The average molecular weight is 272 g/mol. The van der Waals surface area contributed by atoms with Gasteiger partial charge in [0.2, 0.25) is 0 Å². The second kappa shape index (κ2) is 4.62. The third-order valence-electron chi connectivity index (χ3n) is 4.10. The summed E-state index contributed by atoms with van der Waals surface area (Å²) in [4.78, 5) is 26.8. The molecule has 3 rings (SSSR count). The first-order chi connectivity index (χ1) is 9.49. The number of nitrogens with zero attached hydrogens (tertiary/aromatic N) is 1. The maximum absolute atomic E-state index is 12.7. The molecule has 106 valence electrons. The Labute approximate surface area is 119 Å². The Bertz CT molecular complexity index is 561. The Kier molecular flexibility index (Phi) is 3.04. The molecule has 0 saturated heterocycles. The van der Waals surface area contributed by atoms with E-state index in [4.69, 9.17) is 0 Å². The lowest BCUT2D eigenvalue weighted by Crippen LogP contribution is -2.54. The highest BCUT2D eigenvalue weighted by atomic mass is 16.2. The van der Waals surface area contributed by atoms with Crippen molar-refractivity contribution in [3.05, 3.63) is 29.8 Å². The Morgan fingerprint density at radius 3 is 2.65 bits per heavy atom. The van der Waals surface area contributed by atoms with E-state index in [0.29, 0.717) is 12.1 Å². The molecule has 2 amide bonds. The SMILES string of the molecule is CC1(C)NC(=O)c2ccccc2N(CCC2CC2)C1=O. The van der Waals surface area contributed by atoms with Crippen molar-refractivity contribution in [3.8, 4) is 0 Å². The Morgan fingerprint density at radius 2 is 1.95 bits per heavy atom. The van der Waals surface area contributed by atoms with Crippen LogP contribution in [0.1, 0.15) is 43.5 Å². The van der Waals surface area contributed by atoms with E-state index in [9.17, 15) is 9.59 Å². The van der Waals surface area contributed by atoms with E-state index in [1.54, 1.807) is 24.8 Å². The Morgan fingerprint density at radius 1 is 1.25 bits per heavy atom. The Hall–Kier alpha value is -1.84. The molecule has 4 nitrogen and oxygen atoms in total. The van der Waals surface area contributed by atoms with Gasteiger partial charge in [-0.2, -0.15) is 0 Å². The molecule has 0 unspecified atom stereocenters. The second-order valence-corrected chi connectivity index (χ2v) is 6.29. The number of carbonyl (C=O) groups is 2. The molecule has 2 aliphatic rings. The standard InChI is InChI=1S/C16H20N2O2/c1-16(2)15(20)18(10-9-11-7-8-11)13-6-4-3-5-12(13)14(19)17-16/h3-6,11H,7-10H2,1-2H3,(H,17,19). The van der Waals surface area contributed by atoms with Crippen molar-refractivity contribution in [1.29, 1.82) is 0 Å². The number of fused-ring (bicyclic) bond motifs is 1. The van der Waals surface area contributed by atoms with Crippen LogP contribution in [0.15, 0.2) is 24.3 Å². The van der Waals surface area contributed by atoms with Crippen molar-refractivity contribution in [2.75, 3.05) is 11.4 Å². The number of carbonyl (C=O) groups excluding carboxylic acids is 2. The van der Waals surface area contributed by atoms with Crippen molar-refractivity contribution >= 4 is 17.5 Å². The highest BCUT2D eigenvalue weighted by Crippen LogP contribution is 2.34. The molecule has 1 aliphatic heterocycles. The highest BCUT2D eigenvalue weighted by molar-refractivity contribution is 6.12. The minimum atomic E-state index is -0.861. The summed E-state index contributed by atoms with van der Waals surface area (Å²) in [5.74, 6) is 0.550. The zero-order valence-corrected chi connectivity index (χ0v) is 12.0. The summed E-state index contributed by atoms with van der Waals surface area (Å²) < 4.78 is 0. The summed E-state index contributed by atoms with van der Waals surface area (Å²) in [6.07, 6.45) is 3.55. The number of rotatable bonds is 3. The average Bonchev–Trinajstić information content (AvgIpc) is 3.22. The van der Waals surface area contributed by atoms with Crippen LogP contribution in [-0.4, -0.2) is 23.9 Å². The molecule has 0 bridgehead atoms. The van der Waals surface area contributed by atoms with Crippen molar-refractivity contribution in [1.82, 2.24) is 5.32 Å². The fraction of sp³-hybridized carbons (Fsp3) is 0.500. The van der Waals surface area contributed by atoms with Gasteiger partial charge in [0.15, 0.2) is 0 Å². The minimum Gasteiger partial charge on any atom is -0.338 e. The summed E-state index contributed by atoms with van der Waals surface area (Å²) in [6, 6.07) is 7.35. The van der Waals surface area contributed by atoms with Crippen LogP contribution in [0.5, 0.6) is 0 Å². The molecule has 1 aromatic carbocycles. The van der Waals surface area contributed by atoms with Crippen LogP contribution in [0.4, 0.5) is 5.69 Å².